The molecular formula is C5H6W. The molecule has 32 valence electrons. The minimum Gasteiger partial charge on any atom is -0.394 e. The van der Waals surface area contributed by atoms with E-state index in [0.717, 1.165) is 0 Å². The van der Waals surface area contributed by atoms with Crippen molar-refractivity contribution in [1.29, 1.82) is 0 Å². The van der Waals surface area contributed by atoms with E-state index >= 15 is 0 Å². The Hall–Kier alpha value is 0.168. The molecule has 0 bridgehead atoms. The fraction of sp³-hybridized carbons (Fsp3) is 0.200. The van der Waals surface area contributed by atoms with E-state index in [1.54, 1.807) is 13.0 Å². The van der Waals surface area contributed by atoms with E-state index in [0.29, 0.717) is 0 Å². The van der Waals surface area contributed by atoms with Crippen LogP contribution in [0.1, 0.15) is 6.92 Å². The molecule has 0 N–H and O–H groups in total. The third-order valence-electron chi connectivity index (χ3n) is 0.263. The number of hydrogen-bond donors (Lipinski definition) is 0. The molecule has 0 aromatic carbocycles. The minimum absolute atomic E-state index is 0. The molecule has 0 rings (SSSR count). The van der Waals surface area contributed by atoms with Crippen molar-refractivity contribution in [3.63, 3.8) is 0 Å². The van der Waals surface area contributed by atoms with Crippen molar-refractivity contribution in [2.24, 2.45) is 0 Å². The fourth-order valence-corrected chi connectivity index (χ4v) is 0.0962. The van der Waals surface area contributed by atoms with Gasteiger partial charge in [0.15, 0.2) is 0 Å². The van der Waals surface area contributed by atoms with Crippen molar-refractivity contribution in [3.8, 4) is 0 Å². The summed E-state index contributed by atoms with van der Waals surface area (Å²) in [6.07, 6.45) is 5.81. The van der Waals surface area contributed by atoms with Crippen LogP contribution in [0.3, 0.4) is 0 Å². The molecule has 0 aliphatic heterocycles. The number of allylic oxidation sites excluding steroid dienone is 3. The first-order chi connectivity index (χ1) is 2.41. The SMILES string of the molecule is [CH-]=CC=[C-]C.[W+2]. The second-order valence-electron chi connectivity index (χ2n) is 0.648. The second kappa shape index (κ2) is 8.95. The van der Waals surface area contributed by atoms with Gasteiger partial charge in [0.1, 0.15) is 0 Å². The molecule has 0 aromatic heterocycles. The van der Waals surface area contributed by atoms with Gasteiger partial charge in [-0.25, -0.2) is 0 Å². The zero-order valence-corrected chi connectivity index (χ0v) is 6.57. The summed E-state index contributed by atoms with van der Waals surface area (Å²) in [4.78, 5) is 0. The summed E-state index contributed by atoms with van der Waals surface area (Å²) in [5.74, 6) is 0. The summed E-state index contributed by atoms with van der Waals surface area (Å²) in [6, 6.07) is 0. The molecular weight excluding hydrogens is 244 g/mol. The van der Waals surface area contributed by atoms with Crippen LogP contribution >= 0.6 is 0 Å². The van der Waals surface area contributed by atoms with Gasteiger partial charge >= 0.3 is 21.1 Å². The zero-order chi connectivity index (χ0) is 4.12. The molecule has 0 saturated carbocycles. The molecule has 0 atom stereocenters. The van der Waals surface area contributed by atoms with Crippen molar-refractivity contribution in [3.05, 3.63) is 24.8 Å². The van der Waals surface area contributed by atoms with Crippen molar-refractivity contribution in [1.82, 2.24) is 0 Å². The average Bonchev–Trinajstić information content (AvgIpc) is 1.41. The summed E-state index contributed by atoms with van der Waals surface area (Å²) >= 11 is 0. The molecule has 0 nitrogen and oxygen atoms in total. The van der Waals surface area contributed by atoms with Gasteiger partial charge in [0.25, 0.3) is 0 Å². The van der Waals surface area contributed by atoms with E-state index in [-0.39, 0.29) is 21.1 Å². The molecule has 0 heterocycles. The van der Waals surface area contributed by atoms with Gasteiger partial charge in [0.05, 0.1) is 0 Å². The van der Waals surface area contributed by atoms with Crippen molar-refractivity contribution >= 4 is 0 Å². The smallest absolute Gasteiger partial charge is 0.394 e. The maximum Gasteiger partial charge on any atom is 2.00 e. The van der Waals surface area contributed by atoms with Crippen molar-refractivity contribution < 1.29 is 21.1 Å². The zero-order valence-electron chi connectivity index (χ0n) is 3.64. The third kappa shape index (κ3) is 8.90. The summed E-state index contributed by atoms with van der Waals surface area (Å²) in [7, 11) is 0. The van der Waals surface area contributed by atoms with E-state index < -0.39 is 0 Å². The quantitative estimate of drug-likeness (QED) is 0.486. The summed E-state index contributed by atoms with van der Waals surface area (Å²) in [5, 5.41) is 0. The first-order valence-corrected chi connectivity index (χ1v) is 1.46. The second-order valence-corrected chi connectivity index (χ2v) is 0.648. The first kappa shape index (κ1) is 9.48. The van der Waals surface area contributed by atoms with E-state index in [1.165, 1.54) is 6.08 Å². The van der Waals surface area contributed by atoms with Crippen LogP contribution in [0.25, 0.3) is 0 Å². The Morgan fingerprint density at radius 1 is 1.67 bits per heavy atom. The van der Waals surface area contributed by atoms with Gasteiger partial charge < -0.3 is 24.8 Å². The van der Waals surface area contributed by atoms with Crippen molar-refractivity contribution in [2.45, 2.75) is 6.92 Å². The Kier molecular flexibility index (Phi) is 14.1. The number of hydrogen-bond acceptors (Lipinski definition) is 0. The Bertz CT molecular complexity index is 45.9. The largest absolute Gasteiger partial charge is 2.00 e. The Balaban J connectivity index is 0. The van der Waals surface area contributed by atoms with Gasteiger partial charge in [-0.1, -0.05) is 0 Å². The third-order valence-corrected chi connectivity index (χ3v) is 0.263. The topological polar surface area (TPSA) is 0 Å². The van der Waals surface area contributed by atoms with Crippen LogP contribution in [0.2, 0.25) is 0 Å². The van der Waals surface area contributed by atoms with Gasteiger partial charge in [0, 0.05) is 0 Å². The molecule has 0 spiro atoms. The molecule has 0 aliphatic carbocycles. The Morgan fingerprint density at radius 2 is 2.17 bits per heavy atom. The molecule has 0 radical (unpaired) electrons. The van der Waals surface area contributed by atoms with Gasteiger partial charge in [0.2, 0.25) is 0 Å². The summed E-state index contributed by atoms with van der Waals surface area (Å²) in [6.45, 7) is 6.69. The predicted molar refractivity (Wildman–Crippen MR) is 22.4 cm³/mol. The molecule has 0 amide bonds. The van der Waals surface area contributed by atoms with E-state index in [1.807, 2.05) is 0 Å². The maximum absolute atomic E-state index is 4.90. The van der Waals surface area contributed by atoms with E-state index in [9.17, 15) is 0 Å². The fourth-order valence-electron chi connectivity index (χ4n) is 0.0962. The molecule has 0 fully saturated rings. The van der Waals surface area contributed by atoms with Crippen LogP contribution in [0.4, 0.5) is 0 Å². The summed E-state index contributed by atoms with van der Waals surface area (Å²) < 4.78 is 0. The molecule has 0 unspecified atom stereocenters. The molecule has 6 heavy (non-hydrogen) atoms. The van der Waals surface area contributed by atoms with E-state index in [2.05, 4.69) is 6.08 Å². The summed E-state index contributed by atoms with van der Waals surface area (Å²) in [5.41, 5.74) is 0. The van der Waals surface area contributed by atoms with Crippen molar-refractivity contribution in [2.75, 3.05) is 0 Å². The number of rotatable bonds is 1. The van der Waals surface area contributed by atoms with Crippen LogP contribution < -0.4 is 0 Å². The van der Waals surface area contributed by atoms with Crippen LogP contribution in [0.15, 0.2) is 12.2 Å². The molecule has 0 aliphatic rings. The normalized spacial score (nSPS) is 7.50. The van der Waals surface area contributed by atoms with Gasteiger partial charge in [-0.05, 0) is 0 Å². The van der Waals surface area contributed by atoms with Crippen LogP contribution in [0.5, 0.6) is 0 Å². The molecule has 0 aromatic rings. The van der Waals surface area contributed by atoms with Crippen LogP contribution in [-0.4, -0.2) is 0 Å². The first-order valence-electron chi connectivity index (χ1n) is 1.46. The monoisotopic (exact) mass is 250 g/mol. The van der Waals surface area contributed by atoms with Gasteiger partial charge in [-0.3, -0.25) is 0 Å². The average molecular weight is 250 g/mol. The van der Waals surface area contributed by atoms with E-state index in [4.69, 9.17) is 6.58 Å². The molecule has 0 saturated heterocycles. The maximum atomic E-state index is 4.90. The van der Waals surface area contributed by atoms with Crippen LogP contribution in [0, 0.1) is 12.7 Å². The van der Waals surface area contributed by atoms with Crippen LogP contribution in [-0.2, 0) is 21.1 Å². The minimum atomic E-state index is 0. The predicted octanol–water partition coefficient (Wildman–Crippen LogP) is 1.35. The van der Waals surface area contributed by atoms with Gasteiger partial charge in [-0.15, -0.1) is 6.92 Å². The molecule has 1 heteroatoms. The Labute approximate surface area is 53.2 Å². The standard InChI is InChI=1S/C5H6.W/c1-3-5-4-2;/h1,3,5H,2H3;/q-2;+2. The Morgan fingerprint density at radius 3 is 2.17 bits per heavy atom. The van der Waals surface area contributed by atoms with Gasteiger partial charge in [-0.2, -0.15) is 0 Å².